The lowest BCUT2D eigenvalue weighted by Gasteiger charge is -2.48. The summed E-state index contributed by atoms with van der Waals surface area (Å²) >= 11 is 1.52. The highest BCUT2D eigenvalue weighted by molar-refractivity contribution is 7.15. The smallest absolute Gasteiger partial charge is 0.230 e. The maximum absolute atomic E-state index is 14.3. The van der Waals surface area contributed by atoms with Gasteiger partial charge in [0.25, 0.3) is 0 Å². The van der Waals surface area contributed by atoms with Crippen molar-refractivity contribution in [3.8, 4) is 0 Å². The summed E-state index contributed by atoms with van der Waals surface area (Å²) in [6, 6.07) is 6.73. The Labute approximate surface area is 168 Å². The number of aromatic nitrogens is 2. The van der Waals surface area contributed by atoms with E-state index in [4.69, 9.17) is 0 Å². The van der Waals surface area contributed by atoms with E-state index in [1.54, 1.807) is 12.1 Å². The van der Waals surface area contributed by atoms with Gasteiger partial charge in [-0.3, -0.25) is 4.79 Å². The van der Waals surface area contributed by atoms with Crippen LogP contribution in [0, 0.1) is 18.2 Å². The summed E-state index contributed by atoms with van der Waals surface area (Å²) in [5.41, 5.74) is 1.25. The molecule has 1 fully saturated rings. The topological polar surface area (TPSA) is 58.1 Å². The van der Waals surface area contributed by atoms with E-state index in [9.17, 15) is 9.18 Å². The van der Waals surface area contributed by atoms with E-state index in [0.29, 0.717) is 31.6 Å². The minimum absolute atomic E-state index is 0.000265. The Morgan fingerprint density at radius 1 is 1.29 bits per heavy atom. The SMILES string of the molecule is Cc1nnc(N2CC(Cc3ccccc3F)(C(=O)NCC3=CCCCC3)C2)s1. The molecule has 7 heteroatoms. The van der Waals surface area contributed by atoms with Gasteiger partial charge in [0.05, 0.1) is 5.41 Å². The van der Waals surface area contributed by atoms with Gasteiger partial charge in [-0.1, -0.05) is 41.2 Å². The number of nitrogens with one attached hydrogen (secondary N) is 1. The minimum Gasteiger partial charge on any atom is -0.352 e. The van der Waals surface area contributed by atoms with Crippen molar-refractivity contribution >= 4 is 22.4 Å². The van der Waals surface area contributed by atoms with Crippen molar-refractivity contribution in [3.63, 3.8) is 0 Å². The quantitative estimate of drug-likeness (QED) is 0.752. The molecular formula is C21H25FN4OS. The van der Waals surface area contributed by atoms with Gasteiger partial charge in [-0.05, 0) is 50.7 Å². The standard InChI is InChI=1S/C21H25FN4OS/c1-15-24-25-20(28-15)26-13-21(14-26,11-17-9-5-6-10-18(17)22)19(27)23-12-16-7-3-2-4-8-16/h5-7,9-10H,2-4,8,11-14H2,1H3,(H,23,27). The number of aryl methyl sites for hydroxylation is 1. The number of nitrogens with zero attached hydrogens (tertiary/aromatic N) is 3. The van der Waals surface area contributed by atoms with Gasteiger partial charge in [0.15, 0.2) is 0 Å². The summed E-state index contributed by atoms with van der Waals surface area (Å²) in [7, 11) is 0. The molecule has 1 aromatic carbocycles. The van der Waals surface area contributed by atoms with Gasteiger partial charge in [-0.2, -0.15) is 0 Å². The highest BCUT2D eigenvalue weighted by atomic mass is 32.1. The summed E-state index contributed by atoms with van der Waals surface area (Å²) < 4.78 is 14.3. The lowest BCUT2D eigenvalue weighted by molar-refractivity contribution is -0.132. The maximum atomic E-state index is 14.3. The molecule has 1 aliphatic carbocycles. The summed E-state index contributed by atoms with van der Waals surface area (Å²) in [5, 5.41) is 13.1. The molecule has 4 rings (SSSR count). The number of rotatable bonds is 6. The van der Waals surface area contributed by atoms with Gasteiger partial charge in [0.2, 0.25) is 11.0 Å². The number of carbonyl (C=O) groups excluding carboxylic acids is 1. The van der Waals surface area contributed by atoms with Crippen LogP contribution in [-0.4, -0.2) is 35.7 Å². The number of carbonyl (C=O) groups is 1. The van der Waals surface area contributed by atoms with Crippen LogP contribution in [0.15, 0.2) is 35.9 Å². The first-order valence-electron chi connectivity index (χ1n) is 9.80. The van der Waals surface area contributed by atoms with Crippen molar-refractivity contribution in [2.45, 2.75) is 39.0 Å². The van der Waals surface area contributed by atoms with Gasteiger partial charge in [0, 0.05) is 19.6 Å². The molecular weight excluding hydrogens is 375 g/mol. The zero-order chi connectivity index (χ0) is 19.6. The Kier molecular flexibility index (Phi) is 5.44. The molecule has 1 aromatic heterocycles. The van der Waals surface area contributed by atoms with Gasteiger partial charge in [-0.25, -0.2) is 4.39 Å². The predicted octanol–water partition coefficient (Wildman–Crippen LogP) is 3.65. The van der Waals surface area contributed by atoms with Crippen LogP contribution in [0.5, 0.6) is 0 Å². The fourth-order valence-corrected chi connectivity index (χ4v) is 4.71. The normalized spacial score (nSPS) is 18.4. The van der Waals surface area contributed by atoms with Crippen LogP contribution in [0.1, 0.15) is 36.3 Å². The first-order valence-corrected chi connectivity index (χ1v) is 10.6. The van der Waals surface area contributed by atoms with E-state index < -0.39 is 5.41 Å². The summed E-state index contributed by atoms with van der Waals surface area (Å²) in [4.78, 5) is 15.2. The zero-order valence-electron chi connectivity index (χ0n) is 16.1. The Balaban J connectivity index is 1.49. The molecule has 0 saturated carbocycles. The molecule has 28 heavy (non-hydrogen) atoms. The van der Waals surface area contributed by atoms with Gasteiger partial charge in [-0.15, -0.1) is 10.2 Å². The van der Waals surface area contributed by atoms with Crippen molar-refractivity contribution < 1.29 is 9.18 Å². The highest BCUT2D eigenvalue weighted by Crippen LogP contribution is 2.39. The fourth-order valence-electron chi connectivity index (χ4n) is 4.02. The number of halogens is 1. The number of allylic oxidation sites excluding steroid dienone is 1. The summed E-state index contributed by atoms with van der Waals surface area (Å²) in [5.74, 6) is -0.255. The second-order valence-corrected chi connectivity index (χ2v) is 8.96. The monoisotopic (exact) mass is 400 g/mol. The summed E-state index contributed by atoms with van der Waals surface area (Å²) in [6.45, 7) is 3.57. The van der Waals surface area contributed by atoms with E-state index in [2.05, 4.69) is 26.5 Å². The van der Waals surface area contributed by atoms with Crippen molar-refractivity contribution in [1.82, 2.24) is 15.5 Å². The van der Waals surface area contributed by atoms with Gasteiger partial charge < -0.3 is 10.2 Å². The van der Waals surface area contributed by atoms with Gasteiger partial charge >= 0.3 is 0 Å². The lowest BCUT2D eigenvalue weighted by Crippen LogP contribution is -2.64. The van der Waals surface area contributed by atoms with Crippen LogP contribution in [0.4, 0.5) is 9.52 Å². The van der Waals surface area contributed by atoms with Crippen molar-refractivity contribution in [2.75, 3.05) is 24.5 Å². The third kappa shape index (κ3) is 3.94. The molecule has 1 saturated heterocycles. The molecule has 0 spiro atoms. The molecule has 2 heterocycles. The van der Waals surface area contributed by atoms with E-state index >= 15 is 0 Å². The number of hydrogen-bond acceptors (Lipinski definition) is 5. The molecule has 148 valence electrons. The first kappa shape index (κ1) is 19.1. The average Bonchev–Trinajstić information content (AvgIpc) is 3.10. The number of hydrogen-bond donors (Lipinski definition) is 1. The van der Waals surface area contributed by atoms with Crippen LogP contribution >= 0.6 is 11.3 Å². The lowest BCUT2D eigenvalue weighted by atomic mass is 9.74. The van der Waals surface area contributed by atoms with Crippen LogP contribution in [0.3, 0.4) is 0 Å². The molecule has 2 aliphatic rings. The van der Waals surface area contributed by atoms with Crippen molar-refractivity contribution in [1.29, 1.82) is 0 Å². The zero-order valence-corrected chi connectivity index (χ0v) is 16.9. The van der Waals surface area contributed by atoms with Crippen molar-refractivity contribution in [3.05, 3.63) is 52.3 Å². The summed E-state index contributed by atoms with van der Waals surface area (Å²) in [6.07, 6.45) is 7.19. The van der Waals surface area contributed by atoms with Crippen LogP contribution in [0.2, 0.25) is 0 Å². The number of benzene rings is 1. The second kappa shape index (κ2) is 7.99. The van der Waals surface area contributed by atoms with E-state index in [0.717, 1.165) is 23.0 Å². The Morgan fingerprint density at radius 3 is 2.79 bits per heavy atom. The molecule has 0 unspecified atom stereocenters. The van der Waals surface area contributed by atoms with E-state index in [1.165, 1.54) is 35.8 Å². The Morgan fingerprint density at radius 2 is 2.11 bits per heavy atom. The Bertz CT molecular complexity index is 888. The maximum Gasteiger partial charge on any atom is 0.230 e. The first-order chi connectivity index (χ1) is 13.6. The molecule has 1 aliphatic heterocycles. The molecule has 1 amide bonds. The minimum atomic E-state index is -0.642. The van der Waals surface area contributed by atoms with Crippen LogP contribution in [0.25, 0.3) is 0 Å². The molecule has 2 aromatic rings. The highest BCUT2D eigenvalue weighted by Gasteiger charge is 2.50. The molecule has 5 nitrogen and oxygen atoms in total. The largest absolute Gasteiger partial charge is 0.352 e. The fraction of sp³-hybridized carbons (Fsp3) is 0.476. The predicted molar refractivity (Wildman–Crippen MR) is 109 cm³/mol. The second-order valence-electron chi connectivity index (χ2n) is 7.80. The molecule has 0 bridgehead atoms. The molecule has 0 radical (unpaired) electrons. The molecule has 0 atom stereocenters. The third-order valence-electron chi connectivity index (χ3n) is 5.60. The van der Waals surface area contributed by atoms with Crippen LogP contribution in [-0.2, 0) is 11.2 Å². The molecule has 1 N–H and O–H groups in total. The van der Waals surface area contributed by atoms with Gasteiger partial charge in [0.1, 0.15) is 10.8 Å². The number of amides is 1. The number of anilines is 1. The van der Waals surface area contributed by atoms with Crippen molar-refractivity contribution in [2.24, 2.45) is 5.41 Å². The Hall–Kier alpha value is -2.28. The van der Waals surface area contributed by atoms with Crippen LogP contribution < -0.4 is 10.2 Å². The average molecular weight is 401 g/mol. The van der Waals surface area contributed by atoms with E-state index in [1.807, 2.05) is 13.0 Å². The van der Waals surface area contributed by atoms with E-state index in [-0.39, 0.29) is 11.7 Å². The third-order valence-corrected chi connectivity index (χ3v) is 6.50.